The van der Waals surface area contributed by atoms with Gasteiger partial charge < -0.3 is 15.1 Å². The summed E-state index contributed by atoms with van der Waals surface area (Å²) in [5.74, 6) is -0.762. The van der Waals surface area contributed by atoms with E-state index in [1.54, 1.807) is 6.08 Å². The van der Waals surface area contributed by atoms with Crippen LogP contribution in [0.2, 0.25) is 0 Å². The van der Waals surface area contributed by atoms with Crippen molar-refractivity contribution < 1.29 is 19.8 Å². The first kappa shape index (κ1) is 20.7. The molecule has 0 aliphatic carbocycles. The lowest BCUT2D eigenvalue weighted by Gasteiger charge is -2.27. The largest absolute Gasteiger partial charge is 0.507 e. The lowest BCUT2D eigenvalue weighted by molar-refractivity contribution is -0.129. The molecule has 25 heavy (non-hydrogen) atoms. The van der Waals surface area contributed by atoms with Gasteiger partial charge in [0.05, 0.1) is 0 Å². The van der Waals surface area contributed by atoms with Crippen LogP contribution in [0.25, 0.3) is 6.08 Å². The van der Waals surface area contributed by atoms with Crippen LogP contribution in [0.5, 0.6) is 5.75 Å². The molecule has 1 aromatic rings. The summed E-state index contributed by atoms with van der Waals surface area (Å²) in [6, 6.07) is 3.93. The molecule has 2 N–H and O–H groups in total. The van der Waals surface area contributed by atoms with Crippen molar-refractivity contribution >= 4 is 17.8 Å². The monoisotopic (exact) mass is 347 g/mol. The van der Waals surface area contributed by atoms with E-state index in [9.17, 15) is 9.90 Å². The Morgan fingerprint density at radius 2 is 1.60 bits per heavy atom. The first-order valence-electron chi connectivity index (χ1n) is 8.28. The second-order valence-electron chi connectivity index (χ2n) is 8.14. The Hall–Kier alpha value is -2.30. The molecule has 0 saturated heterocycles. The summed E-state index contributed by atoms with van der Waals surface area (Å²) in [4.78, 5) is 15.6. The number of aliphatic carboxylic acids is 1. The molecule has 0 saturated carbocycles. The van der Waals surface area contributed by atoms with E-state index in [4.69, 9.17) is 9.94 Å². The predicted octanol–water partition coefficient (Wildman–Crippen LogP) is 4.48. The Labute approximate surface area is 150 Å². The highest BCUT2D eigenvalue weighted by atomic mass is 16.6. The number of carboxylic acids is 1. The summed E-state index contributed by atoms with van der Waals surface area (Å²) in [5, 5.41) is 22.9. The molecule has 0 heterocycles. The number of nitrogens with zero attached hydrogens (tertiary/aromatic N) is 1. The minimum absolute atomic E-state index is 0.0944. The van der Waals surface area contributed by atoms with Crippen LogP contribution in [-0.2, 0) is 20.5 Å². The fourth-order valence-corrected chi connectivity index (χ4v) is 2.30. The maximum atomic E-state index is 10.7. The summed E-state index contributed by atoms with van der Waals surface area (Å²) in [6.45, 7) is 13.9. The van der Waals surface area contributed by atoms with Crippen molar-refractivity contribution in [3.63, 3.8) is 0 Å². The number of rotatable bonds is 5. The highest BCUT2D eigenvalue weighted by molar-refractivity contribution is 6.34. The molecular formula is C20H29NO4. The second kappa shape index (κ2) is 7.72. The van der Waals surface area contributed by atoms with Gasteiger partial charge in [0.2, 0.25) is 0 Å². The highest BCUT2D eigenvalue weighted by Gasteiger charge is 2.26. The standard InChI is InChI=1S/C20H29NO4/c1-13(18(23)24)21-25-10-8-9-14-11-15(19(2,3)4)17(22)16(12-14)20(5,6)7/h8-9,11-12,22H,10H2,1-7H3,(H,23,24)/b9-8+,21-13-. The van der Waals surface area contributed by atoms with Crippen LogP contribution in [0.1, 0.15) is 65.2 Å². The van der Waals surface area contributed by atoms with Crippen LogP contribution in [0.15, 0.2) is 23.4 Å². The molecule has 5 nitrogen and oxygen atoms in total. The zero-order chi connectivity index (χ0) is 19.4. The molecule has 5 heteroatoms. The van der Waals surface area contributed by atoms with Gasteiger partial charge in [-0.3, -0.25) is 0 Å². The summed E-state index contributed by atoms with van der Waals surface area (Å²) in [6.07, 6.45) is 3.65. The number of phenols is 1. The number of hydrogen-bond acceptors (Lipinski definition) is 4. The predicted molar refractivity (Wildman–Crippen MR) is 101 cm³/mol. The molecule has 0 spiro atoms. The fraction of sp³-hybridized carbons (Fsp3) is 0.500. The van der Waals surface area contributed by atoms with Crippen LogP contribution in [0.3, 0.4) is 0 Å². The molecule has 0 bridgehead atoms. The lowest BCUT2D eigenvalue weighted by atomic mass is 9.78. The average Bonchev–Trinajstić information content (AvgIpc) is 2.45. The Balaban J connectivity index is 3.10. The minimum atomic E-state index is -1.10. The van der Waals surface area contributed by atoms with Crippen molar-refractivity contribution in [3.8, 4) is 5.75 Å². The molecule has 138 valence electrons. The van der Waals surface area contributed by atoms with Gasteiger partial charge in [0.25, 0.3) is 0 Å². The molecule has 0 radical (unpaired) electrons. The molecule has 0 aliphatic rings. The van der Waals surface area contributed by atoms with Crippen molar-refractivity contribution in [1.82, 2.24) is 0 Å². The van der Waals surface area contributed by atoms with E-state index >= 15 is 0 Å². The van der Waals surface area contributed by atoms with Crippen molar-refractivity contribution in [3.05, 3.63) is 34.9 Å². The molecule has 1 aromatic carbocycles. The number of phenolic OH excluding ortho intramolecular Hbond substituents is 1. The number of carbonyl (C=O) groups is 1. The van der Waals surface area contributed by atoms with Gasteiger partial charge in [-0.1, -0.05) is 52.8 Å². The molecule has 1 rings (SSSR count). The number of hydrogen-bond donors (Lipinski definition) is 2. The van der Waals surface area contributed by atoms with Gasteiger partial charge in [-0.2, -0.15) is 0 Å². The van der Waals surface area contributed by atoms with Crippen molar-refractivity contribution in [2.75, 3.05) is 6.61 Å². The Bertz CT molecular complexity index is 654. The van der Waals surface area contributed by atoms with Crippen LogP contribution in [0.4, 0.5) is 0 Å². The smallest absolute Gasteiger partial charge is 0.353 e. The molecule has 0 amide bonds. The fourth-order valence-electron chi connectivity index (χ4n) is 2.30. The van der Waals surface area contributed by atoms with Gasteiger partial charge in [-0.15, -0.1) is 0 Å². The third kappa shape index (κ3) is 5.93. The maximum Gasteiger partial charge on any atom is 0.353 e. The van der Waals surface area contributed by atoms with E-state index in [-0.39, 0.29) is 23.1 Å². The lowest BCUT2D eigenvalue weighted by Crippen LogP contribution is -2.17. The van der Waals surface area contributed by atoms with E-state index in [0.717, 1.165) is 16.7 Å². The molecule has 0 fully saturated rings. The third-order valence-corrected chi connectivity index (χ3v) is 3.74. The molecule has 0 aliphatic heterocycles. The average molecular weight is 347 g/mol. The summed E-state index contributed by atoms with van der Waals surface area (Å²) in [7, 11) is 0. The number of carboxylic acid groups (broad SMARTS) is 1. The van der Waals surface area contributed by atoms with Crippen molar-refractivity contribution in [2.24, 2.45) is 5.16 Å². The molecular weight excluding hydrogens is 318 g/mol. The summed E-state index contributed by atoms with van der Waals surface area (Å²) < 4.78 is 0. The number of benzene rings is 1. The zero-order valence-corrected chi connectivity index (χ0v) is 16.2. The quantitative estimate of drug-likeness (QED) is 0.468. The minimum Gasteiger partial charge on any atom is -0.507 e. The third-order valence-electron chi connectivity index (χ3n) is 3.74. The Kier molecular flexibility index (Phi) is 6.41. The van der Waals surface area contributed by atoms with Crippen LogP contribution in [0, 0.1) is 0 Å². The van der Waals surface area contributed by atoms with E-state index < -0.39 is 5.97 Å². The Morgan fingerprint density at radius 1 is 1.12 bits per heavy atom. The van der Waals surface area contributed by atoms with Gasteiger partial charge in [0, 0.05) is 11.1 Å². The molecule has 0 atom stereocenters. The summed E-state index contributed by atoms with van der Waals surface area (Å²) in [5.41, 5.74) is 2.26. The zero-order valence-electron chi connectivity index (χ0n) is 16.2. The van der Waals surface area contributed by atoms with E-state index in [0.29, 0.717) is 5.75 Å². The normalized spacial score (nSPS) is 13.3. The first-order chi connectivity index (χ1) is 11.3. The van der Waals surface area contributed by atoms with E-state index in [2.05, 4.69) is 46.7 Å². The topological polar surface area (TPSA) is 79.1 Å². The van der Waals surface area contributed by atoms with Gasteiger partial charge in [0.15, 0.2) is 5.71 Å². The van der Waals surface area contributed by atoms with Crippen molar-refractivity contribution in [1.29, 1.82) is 0 Å². The molecule has 0 aromatic heterocycles. The van der Waals surface area contributed by atoms with Gasteiger partial charge in [-0.25, -0.2) is 4.79 Å². The van der Waals surface area contributed by atoms with Gasteiger partial charge in [-0.05, 0) is 41.5 Å². The van der Waals surface area contributed by atoms with Crippen LogP contribution >= 0.6 is 0 Å². The SMILES string of the molecule is C/C(=N/OC/C=C/c1cc(C(C)(C)C)c(O)c(C(C)(C)C)c1)C(=O)O. The number of oxime groups is 1. The summed E-state index contributed by atoms with van der Waals surface area (Å²) >= 11 is 0. The van der Waals surface area contributed by atoms with Crippen LogP contribution < -0.4 is 0 Å². The maximum absolute atomic E-state index is 10.7. The van der Waals surface area contributed by atoms with Crippen molar-refractivity contribution in [2.45, 2.75) is 59.3 Å². The molecule has 0 unspecified atom stereocenters. The highest BCUT2D eigenvalue weighted by Crippen LogP contribution is 2.39. The van der Waals surface area contributed by atoms with Gasteiger partial charge >= 0.3 is 5.97 Å². The van der Waals surface area contributed by atoms with Gasteiger partial charge in [0.1, 0.15) is 12.4 Å². The Morgan fingerprint density at radius 3 is 2.00 bits per heavy atom. The number of aromatic hydroxyl groups is 1. The van der Waals surface area contributed by atoms with E-state index in [1.165, 1.54) is 6.92 Å². The first-order valence-corrected chi connectivity index (χ1v) is 8.28. The second-order valence-corrected chi connectivity index (χ2v) is 8.14. The van der Waals surface area contributed by atoms with E-state index in [1.807, 2.05) is 18.2 Å². The van der Waals surface area contributed by atoms with Crippen LogP contribution in [-0.4, -0.2) is 28.5 Å².